The molecule has 34 heavy (non-hydrogen) atoms. The van der Waals surface area contributed by atoms with Crippen LogP contribution in [0.2, 0.25) is 0 Å². The molecule has 1 fully saturated rings. The minimum Gasteiger partial charge on any atom is -0.395 e. The molecule has 2 aliphatic rings. The van der Waals surface area contributed by atoms with Gasteiger partial charge in [-0.3, -0.25) is 4.79 Å². The molecule has 1 saturated carbocycles. The SMILES string of the molecule is Cc1cc(NC(=O)C2(c3ccc4c(c3)OC(F)(F)O4)CC2)ccc1-c1cccc(S(N)(=O)=O)c1.[HH].[HH]. The molecule has 3 aromatic rings. The number of aryl methyl sites for hydroxylation is 1. The van der Waals surface area contributed by atoms with Crippen LogP contribution in [-0.2, 0) is 20.2 Å². The number of sulfonamides is 1. The second kappa shape index (κ2) is 7.51. The third-order valence-electron chi connectivity index (χ3n) is 6.10. The highest BCUT2D eigenvalue weighted by molar-refractivity contribution is 7.89. The van der Waals surface area contributed by atoms with Crippen LogP contribution in [0, 0.1) is 6.92 Å². The first-order valence-electron chi connectivity index (χ1n) is 10.4. The van der Waals surface area contributed by atoms with Gasteiger partial charge in [0.25, 0.3) is 0 Å². The van der Waals surface area contributed by atoms with Gasteiger partial charge in [-0.1, -0.05) is 24.3 Å². The third-order valence-corrected chi connectivity index (χ3v) is 7.01. The van der Waals surface area contributed by atoms with E-state index in [1.807, 2.05) is 6.92 Å². The number of carbonyl (C=O) groups is 1. The van der Waals surface area contributed by atoms with E-state index in [1.54, 1.807) is 36.4 Å². The summed E-state index contributed by atoms with van der Waals surface area (Å²) >= 11 is 0. The van der Waals surface area contributed by atoms with Gasteiger partial charge in [0, 0.05) is 8.54 Å². The third kappa shape index (κ3) is 3.99. The zero-order valence-corrected chi connectivity index (χ0v) is 18.8. The zero-order valence-electron chi connectivity index (χ0n) is 18.0. The lowest BCUT2D eigenvalue weighted by Crippen LogP contribution is -2.28. The standard InChI is InChI=1S/C24H20F2N2O5S.2H2/c1-14-11-17(6-7-19(14)15-3-2-4-18(12-15)34(27,30)31)28-22(29)23(9-10-23)16-5-8-20-21(13-16)33-24(25,26)32-20;;/h2-8,11-13H,9-10H2,1H3,(H,28,29)(H2,27,30,31);2*1H. The Morgan fingerprint density at radius 2 is 1.76 bits per heavy atom. The van der Waals surface area contributed by atoms with Crippen LogP contribution in [-0.4, -0.2) is 20.6 Å². The number of anilines is 1. The van der Waals surface area contributed by atoms with E-state index in [1.165, 1.54) is 24.3 Å². The van der Waals surface area contributed by atoms with Crippen molar-refractivity contribution in [2.24, 2.45) is 5.14 Å². The summed E-state index contributed by atoms with van der Waals surface area (Å²) in [6.07, 6.45) is -2.56. The van der Waals surface area contributed by atoms with Crippen LogP contribution in [0.25, 0.3) is 11.1 Å². The minimum absolute atomic E-state index is 0. The molecular weight excluding hydrogens is 466 g/mol. The molecule has 7 nitrogen and oxygen atoms in total. The van der Waals surface area contributed by atoms with E-state index in [0.717, 1.165) is 11.1 Å². The monoisotopic (exact) mass is 490 g/mol. The number of rotatable bonds is 5. The average Bonchev–Trinajstić information content (AvgIpc) is 3.50. The number of nitrogens with one attached hydrogen (secondary N) is 1. The highest BCUT2D eigenvalue weighted by Gasteiger charge is 2.52. The van der Waals surface area contributed by atoms with Crippen LogP contribution in [0.3, 0.4) is 0 Å². The first-order valence-corrected chi connectivity index (χ1v) is 12.0. The lowest BCUT2D eigenvalue weighted by Gasteiger charge is -2.17. The van der Waals surface area contributed by atoms with E-state index < -0.39 is 21.7 Å². The molecule has 5 rings (SSSR count). The van der Waals surface area contributed by atoms with Crippen molar-refractivity contribution in [3.63, 3.8) is 0 Å². The summed E-state index contributed by atoms with van der Waals surface area (Å²) in [6.45, 7) is 1.85. The average molecular weight is 491 g/mol. The number of fused-ring (bicyclic) bond motifs is 1. The Morgan fingerprint density at radius 3 is 2.44 bits per heavy atom. The van der Waals surface area contributed by atoms with Gasteiger partial charge in [-0.2, -0.15) is 0 Å². The molecule has 0 aromatic heterocycles. The first kappa shape index (κ1) is 22.3. The highest BCUT2D eigenvalue weighted by Crippen LogP contribution is 2.52. The van der Waals surface area contributed by atoms with Crippen molar-refractivity contribution in [3.8, 4) is 22.6 Å². The first-order chi connectivity index (χ1) is 16.0. The second-order valence-electron chi connectivity index (χ2n) is 8.47. The van der Waals surface area contributed by atoms with Crippen molar-refractivity contribution in [1.82, 2.24) is 0 Å². The number of primary sulfonamides is 1. The van der Waals surface area contributed by atoms with E-state index in [9.17, 15) is 22.0 Å². The summed E-state index contributed by atoms with van der Waals surface area (Å²) < 4.78 is 59.0. The van der Waals surface area contributed by atoms with Gasteiger partial charge >= 0.3 is 6.29 Å². The van der Waals surface area contributed by atoms with Crippen molar-refractivity contribution >= 4 is 21.6 Å². The molecule has 1 aliphatic heterocycles. The van der Waals surface area contributed by atoms with Gasteiger partial charge < -0.3 is 14.8 Å². The molecule has 10 heteroatoms. The van der Waals surface area contributed by atoms with E-state index in [2.05, 4.69) is 14.8 Å². The number of carbonyl (C=O) groups excluding carboxylic acids is 1. The molecule has 0 unspecified atom stereocenters. The maximum atomic E-state index is 13.3. The lowest BCUT2D eigenvalue weighted by atomic mass is 9.94. The Morgan fingerprint density at radius 1 is 1.03 bits per heavy atom. The van der Waals surface area contributed by atoms with E-state index in [4.69, 9.17) is 5.14 Å². The fourth-order valence-corrected chi connectivity index (χ4v) is 4.73. The molecule has 0 radical (unpaired) electrons. The van der Waals surface area contributed by atoms with Gasteiger partial charge in [0.15, 0.2) is 11.5 Å². The molecule has 0 atom stereocenters. The Hall–Kier alpha value is -3.50. The van der Waals surface area contributed by atoms with Crippen LogP contribution in [0.1, 0.15) is 26.8 Å². The van der Waals surface area contributed by atoms with Gasteiger partial charge in [0.2, 0.25) is 15.9 Å². The molecular formula is C24H24F2N2O5S. The van der Waals surface area contributed by atoms with Crippen LogP contribution in [0.5, 0.6) is 11.5 Å². The van der Waals surface area contributed by atoms with Crippen molar-refractivity contribution in [2.45, 2.75) is 36.4 Å². The molecule has 1 aliphatic carbocycles. The van der Waals surface area contributed by atoms with Crippen molar-refractivity contribution < 1.29 is 34.3 Å². The smallest absolute Gasteiger partial charge is 0.395 e. The van der Waals surface area contributed by atoms with E-state index >= 15 is 0 Å². The predicted molar refractivity (Wildman–Crippen MR) is 124 cm³/mol. The quantitative estimate of drug-likeness (QED) is 0.535. The lowest BCUT2D eigenvalue weighted by molar-refractivity contribution is -0.286. The number of amides is 1. The number of alkyl halides is 2. The number of hydrogen-bond acceptors (Lipinski definition) is 5. The maximum Gasteiger partial charge on any atom is 0.586 e. The summed E-state index contributed by atoms with van der Waals surface area (Å²) in [5, 5.41) is 8.14. The number of benzene rings is 3. The number of nitrogens with two attached hydrogens (primary N) is 1. The summed E-state index contributed by atoms with van der Waals surface area (Å²) in [5.41, 5.74) is 2.61. The maximum absolute atomic E-state index is 13.3. The Kier molecular flexibility index (Phi) is 4.92. The fraction of sp³-hybridized carbons (Fsp3) is 0.208. The number of ether oxygens (including phenoxy) is 2. The van der Waals surface area contributed by atoms with Crippen LogP contribution >= 0.6 is 0 Å². The molecule has 0 bridgehead atoms. The fourth-order valence-electron chi connectivity index (χ4n) is 4.18. The van der Waals surface area contributed by atoms with E-state index in [-0.39, 0.29) is 25.2 Å². The summed E-state index contributed by atoms with van der Waals surface area (Å²) in [5.74, 6) is -0.410. The largest absolute Gasteiger partial charge is 0.586 e. The topological polar surface area (TPSA) is 108 Å². The molecule has 0 saturated heterocycles. The van der Waals surface area contributed by atoms with Gasteiger partial charge in [-0.25, -0.2) is 13.6 Å². The zero-order chi connectivity index (χ0) is 24.3. The number of halogens is 2. The van der Waals surface area contributed by atoms with Crippen LogP contribution < -0.4 is 19.9 Å². The molecule has 180 valence electrons. The highest BCUT2D eigenvalue weighted by atomic mass is 32.2. The van der Waals surface area contributed by atoms with Crippen molar-refractivity contribution in [2.75, 3.05) is 5.32 Å². The Bertz CT molecular complexity index is 1450. The molecule has 0 spiro atoms. The summed E-state index contributed by atoms with van der Waals surface area (Å²) in [7, 11) is -3.83. The van der Waals surface area contributed by atoms with Crippen molar-refractivity contribution in [1.29, 1.82) is 0 Å². The second-order valence-corrected chi connectivity index (χ2v) is 10.0. The Balaban J connectivity index is 0.00000180. The van der Waals surface area contributed by atoms with Gasteiger partial charge in [0.05, 0.1) is 10.3 Å². The molecule has 3 N–H and O–H groups in total. The van der Waals surface area contributed by atoms with Gasteiger partial charge in [0.1, 0.15) is 0 Å². The summed E-state index contributed by atoms with van der Waals surface area (Å²) in [4.78, 5) is 13.1. The minimum atomic E-state index is -3.83. The number of hydrogen-bond donors (Lipinski definition) is 2. The van der Waals surface area contributed by atoms with Crippen LogP contribution in [0.15, 0.2) is 65.6 Å². The van der Waals surface area contributed by atoms with Gasteiger partial charge in [-0.15, -0.1) is 8.78 Å². The van der Waals surface area contributed by atoms with Gasteiger partial charge in [-0.05, 0) is 78.4 Å². The van der Waals surface area contributed by atoms with Crippen molar-refractivity contribution in [3.05, 3.63) is 71.8 Å². The normalized spacial score (nSPS) is 17.3. The van der Waals surface area contributed by atoms with E-state index in [0.29, 0.717) is 29.7 Å². The molecule has 1 amide bonds. The van der Waals surface area contributed by atoms with Crippen LogP contribution in [0.4, 0.5) is 14.5 Å². The molecule has 3 aromatic carbocycles. The summed E-state index contributed by atoms with van der Waals surface area (Å²) in [6, 6.07) is 16.0. The Labute approximate surface area is 197 Å². The molecule has 1 heterocycles. The predicted octanol–water partition coefficient (Wildman–Crippen LogP) is 4.79.